The first-order valence-corrected chi connectivity index (χ1v) is 7.10. The SMILES string of the molecule is CCN(c1nc(C)cc(OC(C)C)n1)C1CCNC1. The van der Waals surface area contributed by atoms with Gasteiger partial charge in [0.1, 0.15) is 0 Å². The fourth-order valence-corrected chi connectivity index (χ4v) is 2.42. The van der Waals surface area contributed by atoms with Crippen LogP contribution in [-0.4, -0.2) is 41.7 Å². The zero-order chi connectivity index (χ0) is 13.8. The Kier molecular flexibility index (Phi) is 4.58. The van der Waals surface area contributed by atoms with Crippen molar-refractivity contribution in [2.45, 2.75) is 46.3 Å². The molecule has 1 aliphatic heterocycles. The summed E-state index contributed by atoms with van der Waals surface area (Å²) in [6, 6.07) is 2.38. The number of nitrogens with zero attached hydrogens (tertiary/aromatic N) is 3. The van der Waals surface area contributed by atoms with Crippen LogP contribution in [0.5, 0.6) is 5.88 Å². The van der Waals surface area contributed by atoms with Gasteiger partial charge in [-0.2, -0.15) is 4.98 Å². The number of aryl methyl sites for hydroxylation is 1. The molecule has 0 aromatic carbocycles. The molecule has 1 unspecified atom stereocenters. The van der Waals surface area contributed by atoms with Crippen molar-refractivity contribution in [3.05, 3.63) is 11.8 Å². The van der Waals surface area contributed by atoms with Gasteiger partial charge in [-0.1, -0.05) is 0 Å². The summed E-state index contributed by atoms with van der Waals surface area (Å²) in [5.74, 6) is 1.45. The molecule has 106 valence electrons. The lowest BCUT2D eigenvalue weighted by Crippen LogP contribution is -2.38. The second-order valence-electron chi connectivity index (χ2n) is 5.25. The molecule has 1 fully saturated rings. The summed E-state index contributed by atoms with van der Waals surface area (Å²) in [5, 5.41) is 3.39. The van der Waals surface area contributed by atoms with Crippen molar-refractivity contribution in [3.8, 4) is 5.88 Å². The van der Waals surface area contributed by atoms with Gasteiger partial charge in [-0.15, -0.1) is 0 Å². The molecule has 1 saturated heterocycles. The Morgan fingerprint density at radius 2 is 2.26 bits per heavy atom. The summed E-state index contributed by atoms with van der Waals surface area (Å²) in [7, 11) is 0. The number of ether oxygens (including phenoxy) is 1. The van der Waals surface area contributed by atoms with Crippen molar-refractivity contribution in [1.29, 1.82) is 0 Å². The standard InChI is InChI=1S/C14H24N4O/c1-5-18(12-6-7-15-9-12)14-16-11(4)8-13(17-14)19-10(2)3/h8,10,12,15H,5-7,9H2,1-4H3. The van der Waals surface area contributed by atoms with Crippen LogP contribution in [0, 0.1) is 6.92 Å². The molecule has 0 amide bonds. The maximum Gasteiger partial charge on any atom is 0.229 e. The molecular weight excluding hydrogens is 240 g/mol. The van der Waals surface area contributed by atoms with Crippen molar-refractivity contribution < 1.29 is 4.74 Å². The molecule has 2 rings (SSSR count). The average Bonchev–Trinajstić information content (AvgIpc) is 2.82. The molecule has 0 aliphatic carbocycles. The zero-order valence-electron chi connectivity index (χ0n) is 12.3. The topological polar surface area (TPSA) is 50.3 Å². The minimum Gasteiger partial charge on any atom is -0.475 e. The third-order valence-corrected chi connectivity index (χ3v) is 3.25. The van der Waals surface area contributed by atoms with Crippen LogP contribution < -0.4 is 15.0 Å². The number of likely N-dealkylation sites (N-methyl/N-ethyl adjacent to an activating group) is 1. The van der Waals surface area contributed by atoms with Crippen molar-refractivity contribution in [2.24, 2.45) is 0 Å². The minimum absolute atomic E-state index is 0.130. The first-order chi connectivity index (χ1) is 9.10. The Morgan fingerprint density at radius 1 is 1.47 bits per heavy atom. The fraction of sp³-hybridized carbons (Fsp3) is 0.714. The molecule has 5 heteroatoms. The van der Waals surface area contributed by atoms with Crippen molar-refractivity contribution in [3.63, 3.8) is 0 Å². The van der Waals surface area contributed by atoms with E-state index >= 15 is 0 Å². The third-order valence-electron chi connectivity index (χ3n) is 3.25. The second-order valence-corrected chi connectivity index (χ2v) is 5.25. The van der Waals surface area contributed by atoms with Crippen LogP contribution in [-0.2, 0) is 0 Å². The average molecular weight is 264 g/mol. The van der Waals surface area contributed by atoms with E-state index in [1.807, 2.05) is 26.8 Å². The monoisotopic (exact) mass is 264 g/mol. The molecule has 1 atom stereocenters. The second kappa shape index (κ2) is 6.19. The number of hydrogen-bond donors (Lipinski definition) is 1. The maximum atomic E-state index is 5.70. The van der Waals surface area contributed by atoms with Crippen LogP contribution in [0.3, 0.4) is 0 Å². The normalized spacial score (nSPS) is 18.9. The van der Waals surface area contributed by atoms with E-state index in [2.05, 4.69) is 27.1 Å². The Morgan fingerprint density at radius 3 is 2.84 bits per heavy atom. The number of rotatable bonds is 5. The highest BCUT2D eigenvalue weighted by Gasteiger charge is 2.23. The molecule has 0 radical (unpaired) electrons. The number of anilines is 1. The Hall–Kier alpha value is -1.36. The summed E-state index contributed by atoms with van der Waals surface area (Å²) < 4.78 is 5.70. The van der Waals surface area contributed by atoms with Crippen LogP contribution >= 0.6 is 0 Å². The number of hydrogen-bond acceptors (Lipinski definition) is 5. The van der Waals surface area contributed by atoms with Crippen molar-refractivity contribution in [2.75, 3.05) is 24.5 Å². The summed E-state index contributed by atoms with van der Waals surface area (Å²) in [4.78, 5) is 11.4. The summed E-state index contributed by atoms with van der Waals surface area (Å²) in [6.45, 7) is 11.1. The van der Waals surface area contributed by atoms with Crippen molar-refractivity contribution in [1.82, 2.24) is 15.3 Å². The van der Waals surface area contributed by atoms with E-state index in [-0.39, 0.29) is 6.10 Å². The van der Waals surface area contributed by atoms with Crippen LogP contribution in [0.2, 0.25) is 0 Å². The molecule has 1 aromatic heterocycles. The molecule has 0 bridgehead atoms. The molecule has 5 nitrogen and oxygen atoms in total. The van der Waals surface area contributed by atoms with E-state index in [1.54, 1.807) is 0 Å². The quantitative estimate of drug-likeness (QED) is 0.878. The van der Waals surface area contributed by atoms with Gasteiger partial charge in [0.15, 0.2) is 0 Å². The Labute approximate surface area is 115 Å². The van der Waals surface area contributed by atoms with Gasteiger partial charge in [-0.25, -0.2) is 4.98 Å². The largest absolute Gasteiger partial charge is 0.475 e. The van der Waals surface area contributed by atoms with Crippen molar-refractivity contribution >= 4 is 5.95 Å². The lowest BCUT2D eigenvalue weighted by Gasteiger charge is -2.27. The van der Waals surface area contributed by atoms with Crippen LogP contribution in [0.15, 0.2) is 6.07 Å². The van der Waals surface area contributed by atoms with E-state index in [9.17, 15) is 0 Å². The van der Waals surface area contributed by atoms with E-state index < -0.39 is 0 Å². The van der Waals surface area contributed by atoms with E-state index in [0.717, 1.165) is 37.7 Å². The molecule has 19 heavy (non-hydrogen) atoms. The van der Waals surface area contributed by atoms with E-state index in [4.69, 9.17) is 4.74 Å². The summed E-state index contributed by atoms with van der Waals surface area (Å²) in [5.41, 5.74) is 0.949. The molecular formula is C14H24N4O. The lowest BCUT2D eigenvalue weighted by molar-refractivity contribution is 0.232. The molecule has 0 spiro atoms. The molecule has 1 N–H and O–H groups in total. The highest BCUT2D eigenvalue weighted by Crippen LogP contribution is 2.20. The fourth-order valence-electron chi connectivity index (χ4n) is 2.42. The first-order valence-electron chi connectivity index (χ1n) is 7.10. The van der Waals surface area contributed by atoms with Gasteiger partial charge >= 0.3 is 0 Å². The molecule has 2 heterocycles. The molecule has 1 aromatic rings. The minimum atomic E-state index is 0.130. The predicted octanol–water partition coefficient (Wildman–Crippen LogP) is 1.76. The van der Waals surface area contributed by atoms with Crippen LogP contribution in [0.1, 0.15) is 32.9 Å². The number of aromatic nitrogens is 2. The predicted molar refractivity (Wildman–Crippen MR) is 76.8 cm³/mol. The summed E-state index contributed by atoms with van der Waals surface area (Å²) >= 11 is 0. The van der Waals surface area contributed by atoms with Gasteiger partial charge in [0.05, 0.1) is 6.10 Å². The van der Waals surface area contributed by atoms with Gasteiger partial charge in [0, 0.05) is 30.9 Å². The highest BCUT2D eigenvalue weighted by molar-refractivity contribution is 5.36. The first kappa shape index (κ1) is 14.1. The van der Waals surface area contributed by atoms with E-state index in [0.29, 0.717) is 11.9 Å². The van der Waals surface area contributed by atoms with Gasteiger partial charge in [0.25, 0.3) is 0 Å². The van der Waals surface area contributed by atoms with E-state index in [1.165, 1.54) is 0 Å². The number of nitrogens with one attached hydrogen (secondary N) is 1. The zero-order valence-corrected chi connectivity index (χ0v) is 12.3. The Bertz CT molecular complexity index is 416. The highest BCUT2D eigenvalue weighted by atomic mass is 16.5. The van der Waals surface area contributed by atoms with Crippen LogP contribution in [0.4, 0.5) is 5.95 Å². The Balaban J connectivity index is 2.23. The van der Waals surface area contributed by atoms with Gasteiger partial charge in [0.2, 0.25) is 11.8 Å². The smallest absolute Gasteiger partial charge is 0.229 e. The van der Waals surface area contributed by atoms with Gasteiger partial charge in [-0.05, 0) is 40.7 Å². The van der Waals surface area contributed by atoms with Crippen LogP contribution in [0.25, 0.3) is 0 Å². The lowest BCUT2D eigenvalue weighted by atomic mass is 10.2. The molecule has 1 aliphatic rings. The third kappa shape index (κ3) is 3.56. The van der Waals surface area contributed by atoms with Gasteiger partial charge < -0.3 is 15.0 Å². The maximum absolute atomic E-state index is 5.70. The van der Waals surface area contributed by atoms with Gasteiger partial charge in [-0.3, -0.25) is 0 Å². The summed E-state index contributed by atoms with van der Waals surface area (Å²) in [6.07, 6.45) is 1.27. The molecule has 0 saturated carbocycles.